The van der Waals surface area contributed by atoms with E-state index in [1.807, 2.05) is 11.8 Å². The Bertz CT molecular complexity index is 673. The van der Waals surface area contributed by atoms with E-state index in [1.165, 1.54) is 29.7 Å². The predicted molar refractivity (Wildman–Crippen MR) is 90.4 cm³/mol. The molecule has 23 heavy (non-hydrogen) atoms. The number of hydrogen-bond acceptors (Lipinski definition) is 4. The van der Waals surface area contributed by atoms with Crippen LogP contribution in [-0.2, 0) is 9.53 Å². The monoisotopic (exact) mass is 327 g/mol. The minimum absolute atomic E-state index is 0.114. The van der Waals surface area contributed by atoms with Crippen LogP contribution in [0.4, 0.5) is 0 Å². The number of piperidine rings is 1. The predicted octanol–water partition coefficient (Wildman–Crippen LogP) is 3.40. The molecule has 5 rings (SSSR count). The quantitative estimate of drug-likeness (QED) is 0.779. The summed E-state index contributed by atoms with van der Waals surface area (Å²) >= 11 is 1.98. The maximum absolute atomic E-state index is 12.0. The van der Waals surface area contributed by atoms with Crippen molar-refractivity contribution in [2.45, 2.75) is 59.9 Å². The van der Waals surface area contributed by atoms with Gasteiger partial charge in [0.15, 0.2) is 5.60 Å². The molecule has 3 fully saturated rings. The Hall–Kier alpha value is -1.26. The molecule has 1 spiro atoms. The summed E-state index contributed by atoms with van der Waals surface area (Å²) in [6, 6.07) is 11.6. The second-order valence-electron chi connectivity index (χ2n) is 7.17. The fourth-order valence-corrected chi connectivity index (χ4v) is 6.47. The number of nitrogens with zero attached hydrogens (tertiary/aromatic N) is 1. The molecular weight excluding hydrogens is 306 g/mol. The Morgan fingerprint density at radius 1 is 1.22 bits per heavy atom. The number of esters is 1. The summed E-state index contributed by atoms with van der Waals surface area (Å²) in [5.74, 6) is -0.114. The maximum atomic E-state index is 12.0. The zero-order valence-electron chi connectivity index (χ0n) is 13.1. The lowest BCUT2D eigenvalue weighted by Crippen LogP contribution is -2.48. The zero-order valence-corrected chi connectivity index (χ0v) is 13.9. The van der Waals surface area contributed by atoms with Crippen LogP contribution in [0.5, 0.6) is 0 Å². The third kappa shape index (κ3) is 2.04. The van der Waals surface area contributed by atoms with Crippen molar-refractivity contribution in [1.82, 2.24) is 4.90 Å². The number of benzene rings is 1. The van der Waals surface area contributed by atoms with Crippen LogP contribution in [0.25, 0.3) is 0 Å². The largest absolute Gasteiger partial charge is 0.450 e. The fourth-order valence-electron chi connectivity index (χ4n) is 5.13. The molecule has 0 radical (unpaired) electrons. The average Bonchev–Trinajstić information content (AvgIpc) is 3.05. The van der Waals surface area contributed by atoms with E-state index in [4.69, 9.17) is 4.74 Å². The molecule has 3 aliphatic heterocycles. The molecule has 2 bridgehead atoms. The van der Waals surface area contributed by atoms with Crippen LogP contribution >= 0.6 is 11.8 Å². The Morgan fingerprint density at radius 3 is 2.96 bits per heavy atom. The third-order valence-corrected chi connectivity index (χ3v) is 7.35. The van der Waals surface area contributed by atoms with Crippen molar-refractivity contribution in [1.29, 1.82) is 0 Å². The normalized spacial score (nSPS) is 38.7. The topological polar surface area (TPSA) is 29.5 Å². The van der Waals surface area contributed by atoms with E-state index in [0.717, 1.165) is 19.4 Å². The lowest BCUT2D eigenvalue weighted by Gasteiger charge is -2.38. The van der Waals surface area contributed by atoms with Gasteiger partial charge in [-0.05, 0) is 43.5 Å². The molecule has 0 N–H and O–H groups in total. The highest BCUT2D eigenvalue weighted by Gasteiger charge is 2.63. The van der Waals surface area contributed by atoms with Gasteiger partial charge in [0.05, 0.1) is 6.04 Å². The summed E-state index contributed by atoms with van der Waals surface area (Å²) in [5, 5.41) is 0.523. The average molecular weight is 327 g/mol. The van der Waals surface area contributed by atoms with Gasteiger partial charge in [-0.2, -0.15) is 0 Å². The van der Waals surface area contributed by atoms with Crippen molar-refractivity contribution in [3.05, 3.63) is 42.0 Å². The lowest BCUT2D eigenvalue weighted by atomic mass is 9.77. The molecule has 1 aliphatic carbocycles. The smallest absolute Gasteiger partial charge is 0.331 e. The van der Waals surface area contributed by atoms with E-state index in [1.54, 1.807) is 6.08 Å². The zero-order chi connectivity index (χ0) is 15.4. The Morgan fingerprint density at radius 2 is 2.09 bits per heavy atom. The number of rotatable bonds is 2. The summed E-state index contributed by atoms with van der Waals surface area (Å²) in [7, 11) is 0. The van der Waals surface area contributed by atoms with Crippen molar-refractivity contribution in [3.63, 3.8) is 0 Å². The minimum Gasteiger partial charge on any atom is -0.450 e. The Kier molecular flexibility index (Phi) is 3.14. The molecule has 4 unspecified atom stereocenters. The van der Waals surface area contributed by atoms with Crippen LogP contribution in [0.3, 0.4) is 0 Å². The number of carbonyl (C=O) groups excluding carboxylic acids is 1. The Labute approximate surface area is 141 Å². The minimum atomic E-state index is -0.282. The van der Waals surface area contributed by atoms with Gasteiger partial charge in [-0.25, -0.2) is 4.79 Å². The highest BCUT2D eigenvalue weighted by molar-refractivity contribution is 8.00. The SMILES string of the molecule is O=C1C=C2CC(Sc3ccccc3)C3CC2(O1)C1CCCCN31. The first-order chi connectivity index (χ1) is 11.3. The van der Waals surface area contributed by atoms with Crippen molar-refractivity contribution in [2.75, 3.05) is 6.54 Å². The molecule has 2 saturated heterocycles. The van der Waals surface area contributed by atoms with Crippen molar-refractivity contribution >= 4 is 17.7 Å². The summed E-state index contributed by atoms with van der Waals surface area (Å²) in [6.45, 7) is 1.16. The highest BCUT2D eigenvalue weighted by Crippen LogP contribution is 2.56. The fraction of sp³-hybridized carbons (Fsp3) is 0.526. The number of fused-ring (bicyclic) bond motifs is 3. The van der Waals surface area contributed by atoms with E-state index in [0.29, 0.717) is 17.3 Å². The van der Waals surface area contributed by atoms with E-state index < -0.39 is 0 Å². The first kappa shape index (κ1) is 14.1. The first-order valence-corrected chi connectivity index (χ1v) is 9.56. The van der Waals surface area contributed by atoms with E-state index >= 15 is 0 Å². The van der Waals surface area contributed by atoms with Gasteiger partial charge in [-0.15, -0.1) is 11.8 Å². The third-order valence-electron chi connectivity index (χ3n) is 6.02. The van der Waals surface area contributed by atoms with Gasteiger partial charge in [-0.1, -0.05) is 24.6 Å². The summed E-state index contributed by atoms with van der Waals surface area (Å²) in [6.07, 6.45) is 7.50. The van der Waals surface area contributed by atoms with Crippen molar-refractivity contribution in [2.24, 2.45) is 0 Å². The van der Waals surface area contributed by atoms with Crippen LogP contribution in [0.15, 0.2) is 46.9 Å². The van der Waals surface area contributed by atoms with Crippen LogP contribution < -0.4 is 0 Å². The van der Waals surface area contributed by atoms with E-state index in [-0.39, 0.29) is 11.6 Å². The van der Waals surface area contributed by atoms with Crippen LogP contribution in [0.2, 0.25) is 0 Å². The molecule has 4 heteroatoms. The second kappa shape index (κ2) is 5.12. The summed E-state index contributed by atoms with van der Waals surface area (Å²) < 4.78 is 5.93. The number of thioether (sulfide) groups is 1. The molecule has 3 heterocycles. The van der Waals surface area contributed by atoms with Crippen LogP contribution in [-0.4, -0.2) is 40.3 Å². The highest BCUT2D eigenvalue weighted by atomic mass is 32.2. The number of hydrogen-bond donors (Lipinski definition) is 0. The molecule has 3 nitrogen and oxygen atoms in total. The van der Waals surface area contributed by atoms with Crippen molar-refractivity contribution < 1.29 is 9.53 Å². The second-order valence-corrected chi connectivity index (χ2v) is 8.49. The molecule has 4 aliphatic rings. The van der Waals surface area contributed by atoms with E-state index in [9.17, 15) is 4.79 Å². The molecule has 1 aromatic carbocycles. The summed E-state index contributed by atoms with van der Waals surface area (Å²) in [4.78, 5) is 16.0. The Balaban J connectivity index is 1.51. The molecule has 1 aromatic rings. The first-order valence-electron chi connectivity index (χ1n) is 8.68. The molecule has 0 amide bonds. The standard InChI is InChI=1S/C19H21NO2S/c21-18-11-13-10-16(23-14-6-2-1-3-7-14)15-12-19(13,22-18)17-8-4-5-9-20(15)17/h1-3,6-7,11,15-17H,4-5,8-10,12H2. The van der Waals surface area contributed by atoms with Gasteiger partial charge < -0.3 is 4.74 Å². The van der Waals surface area contributed by atoms with E-state index in [2.05, 4.69) is 35.2 Å². The lowest BCUT2D eigenvalue weighted by molar-refractivity contribution is -0.148. The maximum Gasteiger partial charge on any atom is 0.331 e. The van der Waals surface area contributed by atoms with Gasteiger partial charge in [0, 0.05) is 28.7 Å². The summed E-state index contributed by atoms with van der Waals surface area (Å²) in [5.41, 5.74) is 0.984. The molecule has 120 valence electrons. The van der Waals surface area contributed by atoms with Gasteiger partial charge in [0.25, 0.3) is 0 Å². The molecule has 1 saturated carbocycles. The van der Waals surface area contributed by atoms with Gasteiger partial charge >= 0.3 is 5.97 Å². The number of ether oxygens (including phenoxy) is 1. The van der Waals surface area contributed by atoms with Crippen molar-refractivity contribution in [3.8, 4) is 0 Å². The molecule has 0 aromatic heterocycles. The van der Waals surface area contributed by atoms with Crippen LogP contribution in [0.1, 0.15) is 32.1 Å². The molecular formula is C19H21NO2S. The van der Waals surface area contributed by atoms with Gasteiger partial charge in [0.2, 0.25) is 0 Å². The molecule has 4 atom stereocenters. The number of carbonyl (C=O) groups is 1. The van der Waals surface area contributed by atoms with Crippen LogP contribution in [0, 0.1) is 0 Å². The van der Waals surface area contributed by atoms with Gasteiger partial charge in [-0.3, -0.25) is 4.90 Å². The van der Waals surface area contributed by atoms with Gasteiger partial charge in [0.1, 0.15) is 0 Å².